The molecule has 2 aromatic heterocycles. The van der Waals surface area contributed by atoms with E-state index in [-0.39, 0.29) is 6.03 Å². The SMILES string of the molecule is O=C(NCCCN1CCN(c2ncccn2)CC1)NCCc1nnc2n1CCCCC2. The first-order valence-electron chi connectivity index (χ1n) is 11.5. The predicted molar refractivity (Wildman–Crippen MR) is 118 cm³/mol. The molecule has 168 valence electrons. The largest absolute Gasteiger partial charge is 0.338 e. The van der Waals surface area contributed by atoms with Gasteiger partial charge in [-0.3, -0.25) is 4.90 Å². The Morgan fingerprint density at radius 1 is 0.935 bits per heavy atom. The molecule has 2 aliphatic heterocycles. The number of aryl methyl sites for hydroxylation is 1. The zero-order chi connectivity index (χ0) is 21.3. The van der Waals surface area contributed by atoms with Gasteiger partial charge in [0.15, 0.2) is 0 Å². The number of piperazine rings is 1. The second-order valence-corrected chi connectivity index (χ2v) is 8.16. The van der Waals surface area contributed by atoms with Crippen LogP contribution in [0.15, 0.2) is 18.5 Å². The van der Waals surface area contributed by atoms with Crippen molar-refractivity contribution in [1.29, 1.82) is 0 Å². The van der Waals surface area contributed by atoms with Crippen molar-refractivity contribution in [1.82, 2.24) is 40.3 Å². The molecule has 31 heavy (non-hydrogen) atoms. The van der Waals surface area contributed by atoms with E-state index >= 15 is 0 Å². The highest BCUT2D eigenvalue weighted by molar-refractivity contribution is 5.73. The number of carbonyl (C=O) groups excluding carboxylic acids is 1. The molecule has 2 amide bonds. The van der Waals surface area contributed by atoms with Crippen LogP contribution in [-0.2, 0) is 19.4 Å². The van der Waals surface area contributed by atoms with E-state index in [2.05, 4.69) is 45.2 Å². The van der Waals surface area contributed by atoms with E-state index in [4.69, 9.17) is 0 Å². The van der Waals surface area contributed by atoms with Crippen LogP contribution >= 0.6 is 0 Å². The molecule has 10 heteroatoms. The van der Waals surface area contributed by atoms with Gasteiger partial charge in [0, 0.05) is 71.0 Å². The van der Waals surface area contributed by atoms with Crippen molar-refractivity contribution in [3.63, 3.8) is 0 Å². The fourth-order valence-corrected chi connectivity index (χ4v) is 4.21. The van der Waals surface area contributed by atoms with Crippen molar-refractivity contribution >= 4 is 12.0 Å². The van der Waals surface area contributed by atoms with Crippen LogP contribution in [0.5, 0.6) is 0 Å². The zero-order valence-corrected chi connectivity index (χ0v) is 18.2. The number of anilines is 1. The first-order chi connectivity index (χ1) is 15.3. The monoisotopic (exact) mass is 427 g/mol. The quantitative estimate of drug-likeness (QED) is 0.602. The normalized spacial score (nSPS) is 17.1. The van der Waals surface area contributed by atoms with Gasteiger partial charge in [0.1, 0.15) is 11.6 Å². The molecule has 1 fully saturated rings. The zero-order valence-electron chi connectivity index (χ0n) is 18.2. The Morgan fingerprint density at radius 2 is 1.74 bits per heavy atom. The Balaban J connectivity index is 1.07. The van der Waals surface area contributed by atoms with Crippen LogP contribution < -0.4 is 15.5 Å². The molecule has 0 aliphatic carbocycles. The summed E-state index contributed by atoms with van der Waals surface area (Å²) >= 11 is 0. The third kappa shape index (κ3) is 6.13. The summed E-state index contributed by atoms with van der Waals surface area (Å²) in [6.45, 7) is 7.09. The van der Waals surface area contributed by atoms with Gasteiger partial charge in [-0.1, -0.05) is 6.42 Å². The third-order valence-electron chi connectivity index (χ3n) is 5.96. The molecular weight excluding hydrogens is 394 g/mol. The minimum atomic E-state index is -0.110. The first kappa shape index (κ1) is 21.5. The van der Waals surface area contributed by atoms with E-state index in [1.165, 1.54) is 19.3 Å². The van der Waals surface area contributed by atoms with Gasteiger partial charge in [0.25, 0.3) is 0 Å². The number of rotatable bonds is 8. The molecule has 0 aromatic carbocycles. The predicted octanol–water partition coefficient (Wildman–Crippen LogP) is 0.849. The lowest BCUT2D eigenvalue weighted by atomic mass is 10.2. The summed E-state index contributed by atoms with van der Waals surface area (Å²) < 4.78 is 2.23. The van der Waals surface area contributed by atoms with Crippen LogP contribution in [0.25, 0.3) is 0 Å². The molecule has 0 bridgehead atoms. The average molecular weight is 428 g/mol. The van der Waals surface area contributed by atoms with Crippen LogP contribution in [0.4, 0.5) is 10.7 Å². The van der Waals surface area contributed by atoms with Gasteiger partial charge >= 0.3 is 6.03 Å². The van der Waals surface area contributed by atoms with Crippen molar-refractivity contribution in [3.8, 4) is 0 Å². The lowest BCUT2D eigenvalue weighted by molar-refractivity contribution is 0.236. The van der Waals surface area contributed by atoms with Crippen LogP contribution in [-0.4, -0.2) is 81.5 Å². The third-order valence-corrected chi connectivity index (χ3v) is 5.96. The molecule has 0 unspecified atom stereocenters. The lowest BCUT2D eigenvalue weighted by Crippen LogP contribution is -2.47. The van der Waals surface area contributed by atoms with Crippen molar-refractivity contribution in [2.75, 3.05) is 50.7 Å². The first-order valence-corrected chi connectivity index (χ1v) is 11.5. The molecule has 2 N–H and O–H groups in total. The molecule has 4 heterocycles. The minimum absolute atomic E-state index is 0.110. The van der Waals surface area contributed by atoms with Crippen molar-refractivity contribution in [3.05, 3.63) is 30.1 Å². The maximum atomic E-state index is 12.1. The molecule has 0 saturated carbocycles. The number of fused-ring (bicyclic) bond motifs is 1. The van der Waals surface area contributed by atoms with E-state index < -0.39 is 0 Å². The molecule has 0 atom stereocenters. The Bertz CT molecular complexity index is 818. The van der Waals surface area contributed by atoms with Crippen molar-refractivity contribution < 1.29 is 4.79 Å². The van der Waals surface area contributed by atoms with Gasteiger partial charge in [-0.05, 0) is 31.9 Å². The summed E-state index contributed by atoms with van der Waals surface area (Å²) in [4.78, 5) is 25.4. The second-order valence-electron chi connectivity index (χ2n) is 8.16. The molecule has 0 radical (unpaired) electrons. The van der Waals surface area contributed by atoms with Crippen LogP contribution in [0.3, 0.4) is 0 Å². The highest BCUT2D eigenvalue weighted by Gasteiger charge is 2.18. The maximum absolute atomic E-state index is 12.1. The molecule has 2 aliphatic rings. The molecule has 4 rings (SSSR count). The number of carbonyl (C=O) groups is 1. The van der Waals surface area contributed by atoms with E-state index in [9.17, 15) is 4.79 Å². The summed E-state index contributed by atoms with van der Waals surface area (Å²) in [5.41, 5.74) is 0. The van der Waals surface area contributed by atoms with Gasteiger partial charge < -0.3 is 20.1 Å². The standard InChI is InChI=1S/C21H33N9O/c31-21(25-11-7-19-27-26-18-6-2-1-3-13-30(18)19)24-10-5-12-28-14-16-29(17-15-28)20-22-8-4-9-23-20/h4,8-9H,1-3,5-7,10-17H2,(H2,24,25,31). The number of hydrogen-bond acceptors (Lipinski definition) is 7. The summed E-state index contributed by atoms with van der Waals surface area (Å²) in [6, 6.07) is 1.73. The molecular formula is C21H33N9O. The van der Waals surface area contributed by atoms with E-state index in [1.807, 2.05) is 6.07 Å². The number of nitrogens with zero attached hydrogens (tertiary/aromatic N) is 7. The summed E-state index contributed by atoms with van der Waals surface area (Å²) in [6.07, 6.45) is 9.86. The smallest absolute Gasteiger partial charge is 0.314 e. The maximum Gasteiger partial charge on any atom is 0.314 e. The summed E-state index contributed by atoms with van der Waals surface area (Å²) in [5, 5.41) is 14.5. The van der Waals surface area contributed by atoms with Gasteiger partial charge in [-0.2, -0.15) is 0 Å². The number of nitrogens with one attached hydrogen (secondary N) is 2. The van der Waals surface area contributed by atoms with Crippen LogP contribution in [0.2, 0.25) is 0 Å². The van der Waals surface area contributed by atoms with Crippen LogP contribution in [0.1, 0.15) is 37.3 Å². The van der Waals surface area contributed by atoms with Crippen LogP contribution in [0, 0.1) is 0 Å². The number of amides is 2. The minimum Gasteiger partial charge on any atom is -0.338 e. The van der Waals surface area contributed by atoms with E-state index in [0.717, 1.165) is 76.1 Å². The van der Waals surface area contributed by atoms with Gasteiger partial charge in [-0.15, -0.1) is 10.2 Å². The Morgan fingerprint density at radius 3 is 2.58 bits per heavy atom. The average Bonchev–Trinajstić information content (AvgIpc) is 3.03. The van der Waals surface area contributed by atoms with Gasteiger partial charge in [0.2, 0.25) is 5.95 Å². The molecule has 0 spiro atoms. The highest BCUT2D eigenvalue weighted by atomic mass is 16.2. The fourth-order valence-electron chi connectivity index (χ4n) is 4.21. The Kier molecular flexibility index (Phi) is 7.65. The number of urea groups is 1. The fraction of sp³-hybridized carbons (Fsp3) is 0.667. The van der Waals surface area contributed by atoms with E-state index in [0.29, 0.717) is 13.1 Å². The number of hydrogen-bond donors (Lipinski definition) is 2. The van der Waals surface area contributed by atoms with Crippen molar-refractivity contribution in [2.24, 2.45) is 0 Å². The van der Waals surface area contributed by atoms with Gasteiger partial charge in [-0.25, -0.2) is 14.8 Å². The van der Waals surface area contributed by atoms with Crippen molar-refractivity contribution in [2.45, 2.75) is 45.1 Å². The van der Waals surface area contributed by atoms with E-state index in [1.54, 1.807) is 12.4 Å². The Labute approximate surface area is 183 Å². The number of aromatic nitrogens is 5. The molecule has 10 nitrogen and oxygen atoms in total. The summed E-state index contributed by atoms with van der Waals surface area (Å²) in [5.74, 6) is 2.88. The Hall–Kier alpha value is -2.75. The summed E-state index contributed by atoms with van der Waals surface area (Å²) in [7, 11) is 0. The second kappa shape index (κ2) is 11.0. The highest BCUT2D eigenvalue weighted by Crippen LogP contribution is 2.14. The molecule has 1 saturated heterocycles. The molecule has 2 aromatic rings. The topological polar surface area (TPSA) is 104 Å². The van der Waals surface area contributed by atoms with Gasteiger partial charge in [0.05, 0.1) is 0 Å². The lowest BCUT2D eigenvalue weighted by Gasteiger charge is -2.34.